The van der Waals surface area contributed by atoms with E-state index in [2.05, 4.69) is 26.8 Å². The minimum absolute atomic E-state index is 0.0111. The fourth-order valence-electron chi connectivity index (χ4n) is 3.94. The lowest BCUT2D eigenvalue weighted by atomic mass is 9.96. The maximum Gasteiger partial charge on any atom is 0.426 e. The van der Waals surface area contributed by atoms with Crippen molar-refractivity contribution >= 4 is 5.91 Å². The Morgan fingerprint density at radius 3 is 3.03 bits per heavy atom. The van der Waals surface area contributed by atoms with Crippen molar-refractivity contribution in [3.63, 3.8) is 0 Å². The standard InChI is InChI=1S/C21H30N4O4/c1-3-24(20(26)15-25-16-21(27)29-22-25)14-18-7-5-10-23(13-18)11-9-17-6-4-8-19(12-17)28-2/h4,6,8,12,16,18H,3,5,7,9-11,13-15H2,1-2H3/p+1. The van der Waals surface area contributed by atoms with Crippen LogP contribution in [0.15, 0.2) is 39.8 Å². The van der Waals surface area contributed by atoms with Crippen LogP contribution in [-0.4, -0.2) is 60.8 Å². The van der Waals surface area contributed by atoms with Gasteiger partial charge in [-0.15, -0.1) is 0 Å². The van der Waals surface area contributed by atoms with E-state index in [9.17, 15) is 9.59 Å². The zero-order valence-electron chi connectivity index (χ0n) is 17.3. The van der Waals surface area contributed by atoms with E-state index in [1.54, 1.807) is 7.11 Å². The van der Waals surface area contributed by atoms with E-state index >= 15 is 0 Å². The highest BCUT2D eigenvalue weighted by Crippen LogP contribution is 2.19. The van der Waals surface area contributed by atoms with Gasteiger partial charge in [0.25, 0.3) is 18.6 Å². The Morgan fingerprint density at radius 1 is 1.45 bits per heavy atom. The third-order valence-electron chi connectivity index (χ3n) is 5.50. The van der Waals surface area contributed by atoms with Gasteiger partial charge in [0.1, 0.15) is 5.75 Å². The predicted octanol–water partition coefficient (Wildman–Crippen LogP) is 1.07. The molecule has 2 aromatic rings. The summed E-state index contributed by atoms with van der Waals surface area (Å²) in [6.07, 6.45) is 4.53. The number of aromatic amines is 1. The Morgan fingerprint density at radius 2 is 2.31 bits per heavy atom. The van der Waals surface area contributed by atoms with Crippen molar-refractivity contribution in [3.8, 4) is 5.75 Å². The second kappa shape index (κ2) is 10.2. The first kappa shape index (κ1) is 21.1. The summed E-state index contributed by atoms with van der Waals surface area (Å²) in [7, 11) is 1.69. The van der Waals surface area contributed by atoms with Crippen LogP contribution >= 0.6 is 0 Å². The minimum atomic E-state index is -0.486. The van der Waals surface area contributed by atoms with Gasteiger partial charge in [-0.25, -0.2) is 4.79 Å². The molecule has 0 saturated carbocycles. The van der Waals surface area contributed by atoms with Gasteiger partial charge < -0.3 is 14.5 Å². The number of nitrogens with zero attached hydrogens (tertiary/aromatic N) is 3. The number of rotatable bonds is 9. The molecule has 1 unspecified atom stereocenters. The molecule has 0 aliphatic carbocycles. The first-order valence-corrected chi connectivity index (χ1v) is 10.3. The third-order valence-corrected chi connectivity index (χ3v) is 5.50. The molecule has 2 heterocycles. The molecule has 1 atom stereocenters. The lowest BCUT2D eigenvalue weighted by Gasteiger charge is -2.35. The van der Waals surface area contributed by atoms with Crippen LogP contribution in [0.1, 0.15) is 25.3 Å². The number of amides is 1. The summed E-state index contributed by atoms with van der Waals surface area (Å²) in [5.74, 6) is 1.35. The number of likely N-dealkylation sites (N-methyl/N-ethyl adjacent to an activating group) is 1. The van der Waals surface area contributed by atoms with Crippen molar-refractivity contribution in [2.45, 2.75) is 32.7 Å². The molecule has 0 radical (unpaired) electrons. The van der Waals surface area contributed by atoms with E-state index in [0.29, 0.717) is 12.5 Å². The van der Waals surface area contributed by atoms with Crippen LogP contribution in [0.3, 0.4) is 0 Å². The average Bonchev–Trinajstić information content (AvgIpc) is 3.15. The highest BCUT2D eigenvalue weighted by Gasteiger charge is 2.25. The molecule has 1 aliphatic rings. The molecule has 29 heavy (non-hydrogen) atoms. The average molecular weight is 404 g/mol. The number of nitrogens with one attached hydrogen (secondary N) is 1. The first-order chi connectivity index (χ1) is 14.1. The van der Waals surface area contributed by atoms with Crippen LogP contribution in [0.4, 0.5) is 0 Å². The second-order valence-electron chi connectivity index (χ2n) is 7.61. The normalized spacial score (nSPS) is 17.2. The summed E-state index contributed by atoms with van der Waals surface area (Å²) >= 11 is 0. The fraction of sp³-hybridized carbons (Fsp3) is 0.571. The SMILES string of the molecule is CCN(CC1CCCN(CCc2cccc(OC)c2)C1)C(=O)C[n+]1cc(=O)o[nH]1. The number of likely N-dealkylation sites (tertiary alicyclic amines) is 1. The number of piperidine rings is 1. The number of hydrogen-bond donors (Lipinski definition) is 1. The maximum atomic E-state index is 12.6. The van der Waals surface area contributed by atoms with Crippen molar-refractivity contribution in [2.75, 3.05) is 39.8 Å². The van der Waals surface area contributed by atoms with Crippen molar-refractivity contribution < 1.29 is 18.7 Å². The molecule has 1 N–H and O–H groups in total. The van der Waals surface area contributed by atoms with E-state index in [-0.39, 0.29) is 12.5 Å². The van der Waals surface area contributed by atoms with Crippen LogP contribution in [-0.2, 0) is 17.8 Å². The van der Waals surface area contributed by atoms with Gasteiger partial charge in [0, 0.05) is 26.2 Å². The number of carbonyl (C=O) groups excluding carboxylic acids is 1. The number of aromatic nitrogens is 2. The molecular weight excluding hydrogens is 372 g/mol. The maximum absolute atomic E-state index is 12.6. The van der Waals surface area contributed by atoms with Crippen molar-refractivity contribution in [2.24, 2.45) is 5.92 Å². The predicted molar refractivity (Wildman–Crippen MR) is 108 cm³/mol. The summed E-state index contributed by atoms with van der Waals surface area (Å²) in [6, 6.07) is 8.23. The van der Waals surface area contributed by atoms with Crippen LogP contribution in [0.25, 0.3) is 0 Å². The van der Waals surface area contributed by atoms with Gasteiger partial charge in [0.2, 0.25) is 0 Å². The van der Waals surface area contributed by atoms with Gasteiger partial charge >= 0.3 is 5.63 Å². The molecule has 1 aromatic carbocycles. The van der Waals surface area contributed by atoms with E-state index < -0.39 is 5.63 Å². The van der Waals surface area contributed by atoms with Gasteiger partial charge in [-0.1, -0.05) is 16.8 Å². The van der Waals surface area contributed by atoms with Gasteiger partial charge in [0.15, 0.2) is 0 Å². The highest BCUT2D eigenvalue weighted by molar-refractivity contribution is 5.74. The molecule has 1 fully saturated rings. The quantitative estimate of drug-likeness (QED) is 0.634. The van der Waals surface area contributed by atoms with E-state index in [1.165, 1.54) is 16.4 Å². The summed E-state index contributed by atoms with van der Waals surface area (Å²) in [6.45, 7) is 6.59. The lowest BCUT2D eigenvalue weighted by Crippen LogP contribution is -2.49. The highest BCUT2D eigenvalue weighted by atomic mass is 16.5. The van der Waals surface area contributed by atoms with Gasteiger partial charge in [-0.05, 0) is 61.6 Å². The third kappa shape index (κ3) is 6.19. The Bertz CT molecular complexity index is 847. The summed E-state index contributed by atoms with van der Waals surface area (Å²) in [5, 5.41) is 2.43. The summed E-state index contributed by atoms with van der Waals surface area (Å²) in [4.78, 5) is 28.1. The number of carbonyl (C=O) groups is 1. The van der Waals surface area contributed by atoms with Crippen LogP contribution in [0, 0.1) is 5.92 Å². The molecule has 3 rings (SSSR count). The summed E-state index contributed by atoms with van der Waals surface area (Å²) in [5.41, 5.74) is 0.794. The molecule has 8 nitrogen and oxygen atoms in total. The van der Waals surface area contributed by atoms with Crippen molar-refractivity contribution in [3.05, 3.63) is 46.4 Å². The van der Waals surface area contributed by atoms with Crippen LogP contribution < -0.4 is 15.0 Å². The Balaban J connectivity index is 1.49. The fourth-order valence-corrected chi connectivity index (χ4v) is 3.94. The Labute approximate surface area is 171 Å². The number of methoxy groups -OCH3 is 1. The molecule has 0 bridgehead atoms. The van der Waals surface area contributed by atoms with Crippen molar-refractivity contribution in [1.29, 1.82) is 0 Å². The zero-order valence-corrected chi connectivity index (χ0v) is 17.3. The largest absolute Gasteiger partial charge is 0.497 e. The van der Waals surface area contributed by atoms with Crippen LogP contribution in [0.2, 0.25) is 0 Å². The molecule has 8 heteroatoms. The lowest BCUT2D eigenvalue weighted by molar-refractivity contribution is -0.751. The monoisotopic (exact) mass is 403 g/mol. The van der Waals surface area contributed by atoms with Crippen LogP contribution in [0.5, 0.6) is 5.75 Å². The summed E-state index contributed by atoms with van der Waals surface area (Å²) < 4.78 is 11.3. The van der Waals surface area contributed by atoms with Gasteiger partial charge in [0.05, 0.1) is 7.11 Å². The minimum Gasteiger partial charge on any atom is -0.497 e. The van der Waals surface area contributed by atoms with E-state index in [1.807, 2.05) is 24.0 Å². The van der Waals surface area contributed by atoms with E-state index in [4.69, 9.17) is 4.74 Å². The van der Waals surface area contributed by atoms with E-state index in [0.717, 1.165) is 51.2 Å². The molecule has 158 valence electrons. The molecule has 1 saturated heterocycles. The van der Waals surface area contributed by atoms with Gasteiger partial charge in [-0.3, -0.25) is 9.32 Å². The number of benzene rings is 1. The number of ether oxygens (including phenoxy) is 1. The topological polar surface area (TPSA) is 82.7 Å². The Kier molecular flexibility index (Phi) is 7.46. The first-order valence-electron chi connectivity index (χ1n) is 10.3. The number of H-pyrrole nitrogens is 1. The zero-order chi connectivity index (χ0) is 20.6. The smallest absolute Gasteiger partial charge is 0.426 e. The molecular formula is C21H31N4O4+. The second-order valence-corrected chi connectivity index (χ2v) is 7.61. The molecule has 0 spiro atoms. The Hall–Kier alpha value is -2.61. The molecule has 1 aliphatic heterocycles. The van der Waals surface area contributed by atoms with Crippen molar-refractivity contribution in [1.82, 2.24) is 15.1 Å². The molecule has 1 aromatic heterocycles. The number of hydrogen-bond acceptors (Lipinski definition) is 5. The van der Waals surface area contributed by atoms with Gasteiger partial charge in [-0.2, -0.15) is 0 Å². The molecule has 1 amide bonds.